The predicted octanol–water partition coefficient (Wildman–Crippen LogP) is 4.92. The van der Waals surface area contributed by atoms with Crippen LogP contribution in [0.5, 0.6) is 0 Å². The molecule has 0 N–H and O–H groups in total. The van der Waals surface area contributed by atoms with Crippen molar-refractivity contribution >= 4 is 17.7 Å². The van der Waals surface area contributed by atoms with E-state index in [0.717, 1.165) is 53.6 Å². The molecule has 1 amide bonds. The maximum atomic E-state index is 13.2. The van der Waals surface area contributed by atoms with E-state index in [-0.39, 0.29) is 5.91 Å². The maximum Gasteiger partial charge on any atom is 0.233 e. The second-order valence-electron chi connectivity index (χ2n) is 8.55. The number of aromatic nitrogens is 3. The first-order valence-electron chi connectivity index (χ1n) is 11.2. The van der Waals surface area contributed by atoms with Crippen LogP contribution in [0.3, 0.4) is 0 Å². The Morgan fingerprint density at radius 2 is 1.87 bits per heavy atom. The number of rotatable bonds is 8. The summed E-state index contributed by atoms with van der Waals surface area (Å²) in [5, 5.41) is 9.72. The van der Waals surface area contributed by atoms with Crippen molar-refractivity contribution in [3.8, 4) is 11.4 Å². The van der Waals surface area contributed by atoms with E-state index < -0.39 is 0 Å². The summed E-state index contributed by atoms with van der Waals surface area (Å²) in [5.74, 6) is 2.29. The van der Waals surface area contributed by atoms with E-state index in [4.69, 9.17) is 4.42 Å². The number of hydrogen-bond donors (Lipinski definition) is 0. The van der Waals surface area contributed by atoms with Crippen molar-refractivity contribution in [1.29, 1.82) is 0 Å². The molecule has 0 atom stereocenters. The first-order chi connectivity index (χ1) is 15.2. The van der Waals surface area contributed by atoms with Crippen LogP contribution in [0.2, 0.25) is 0 Å². The molecule has 0 saturated heterocycles. The van der Waals surface area contributed by atoms with Gasteiger partial charge in [0.1, 0.15) is 5.76 Å². The highest BCUT2D eigenvalue weighted by Gasteiger charge is 2.38. The third kappa shape index (κ3) is 4.42. The Kier molecular flexibility index (Phi) is 5.85. The molecule has 0 spiro atoms. The van der Waals surface area contributed by atoms with Crippen LogP contribution in [0, 0.1) is 6.92 Å². The summed E-state index contributed by atoms with van der Waals surface area (Å²) >= 11 is 1.49. The molecule has 2 aromatic heterocycles. The quantitative estimate of drug-likeness (QED) is 0.469. The Bertz CT molecular complexity index is 1040. The van der Waals surface area contributed by atoms with Gasteiger partial charge in [-0.2, -0.15) is 0 Å². The van der Waals surface area contributed by atoms with Gasteiger partial charge in [-0.1, -0.05) is 48.9 Å². The van der Waals surface area contributed by atoms with E-state index in [2.05, 4.69) is 38.7 Å². The van der Waals surface area contributed by atoms with Gasteiger partial charge in [-0.3, -0.25) is 9.36 Å². The van der Waals surface area contributed by atoms with Gasteiger partial charge in [-0.25, -0.2) is 0 Å². The molecular weight excluding hydrogens is 408 g/mol. The molecule has 31 heavy (non-hydrogen) atoms. The highest BCUT2D eigenvalue weighted by atomic mass is 32.2. The van der Waals surface area contributed by atoms with Crippen molar-refractivity contribution < 1.29 is 9.21 Å². The minimum Gasteiger partial charge on any atom is -0.467 e. The number of nitrogens with zero attached hydrogens (tertiary/aromatic N) is 4. The molecule has 2 aliphatic rings. The van der Waals surface area contributed by atoms with Gasteiger partial charge in [0.25, 0.3) is 0 Å². The Morgan fingerprint density at radius 1 is 1.10 bits per heavy atom. The molecule has 2 heterocycles. The topological polar surface area (TPSA) is 64.2 Å². The van der Waals surface area contributed by atoms with Gasteiger partial charge in [-0.15, -0.1) is 10.2 Å². The van der Waals surface area contributed by atoms with Gasteiger partial charge in [0, 0.05) is 17.6 Å². The van der Waals surface area contributed by atoms with Crippen LogP contribution < -0.4 is 0 Å². The van der Waals surface area contributed by atoms with Crippen molar-refractivity contribution in [2.24, 2.45) is 0 Å². The second kappa shape index (κ2) is 8.91. The molecule has 3 aromatic rings. The molecule has 2 fully saturated rings. The molecular formula is C24H28N4O2S. The predicted molar refractivity (Wildman–Crippen MR) is 121 cm³/mol. The fourth-order valence-electron chi connectivity index (χ4n) is 4.56. The Morgan fingerprint density at radius 3 is 2.58 bits per heavy atom. The van der Waals surface area contributed by atoms with Crippen LogP contribution in [-0.2, 0) is 11.3 Å². The minimum absolute atomic E-state index is 0.240. The standard InChI is InChI=1S/C24H28N4O2S/c1-17-7-2-5-11-21(17)23-25-26-24(27(23)15-20-10-6-14-30-20)31-16-22(29)28(19-12-13-19)18-8-3-4-9-18/h2,5-7,10-11,14,18-19H,3-4,8-9,12-13,15-16H2,1H3. The first-order valence-corrected chi connectivity index (χ1v) is 12.1. The Balaban J connectivity index is 1.38. The smallest absolute Gasteiger partial charge is 0.233 e. The van der Waals surface area contributed by atoms with Crippen LogP contribution in [0.25, 0.3) is 11.4 Å². The monoisotopic (exact) mass is 436 g/mol. The maximum absolute atomic E-state index is 13.2. The molecule has 0 unspecified atom stereocenters. The van der Waals surface area contributed by atoms with Crippen LogP contribution >= 0.6 is 11.8 Å². The Labute approximate surface area is 187 Å². The summed E-state index contributed by atoms with van der Waals surface area (Å²) in [4.78, 5) is 15.4. The number of amides is 1. The summed E-state index contributed by atoms with van der Waals surface area (Å²) in [6, 6.07) is 12.9. The van der Waals surface area contributed by atoms with E-state index in [1.165, 1.54) is 24.6 Å². The number of aryl methyl sites for hydroxylation is 1. The van der Waals surface area contributed by atoms with Gasteiger partial charge >= 0.3 is 0 Å². The molecule has 7 heteroatoms. The summed E-state index contributed by atoms with van der Waals surface area (Å²) in [6.45, 7) is 2.61. The van der Waals surface area contributed by atoms with Crippen molar-refractivity contribution in [3.63, 3.8) is 0 Å². The molecule has 5 rings (SSSR count). The number of benzene rings is 1. The van der Waals surface area contributed by atoms with Crippen molar-refractivity contribution in [3.05, 3.63) is 54.0 Å². The number of hydrogen-bond acceptors (Lipinski definition) is 5. The highest BCUT2D eigenvalue weighted by Crippen LogP contribution is 2.35. The average Bonchev–Trinajstić information content (AvgIpc) is 3.15. The van der Waals surface area contributed by atoms with Gasteiger partial charge in [0.05, 0.1) is 18.6 Å². The summed E-state index contributed by atoms with van der Waals surface area (Å²) in [7, 11) is 0. The second-order valence-corrected chi connectivity index (χ2v) is 9.49. The molecule has 162 valence electrons. The van der Waals surface area contributed by atoms with Crippen molar-refractivity contribution in [2.75, 3.05) is 5.75 Å². The lowest BCUT2D eigenvalue weighted by Crippen LogP contribution is -2.41. The number of carbonyl (C=O) groups is 1. The van der Waals surface area contributed by atoms with Gasteiger partial charge < -0.3 is 9.32 Å². The first kappa shape index (κ1) is 20.4. The van der Waals surface area contributed by atoms with E-state index in [1.807, 2.05) is 24.3 Å². The van der Waals surface area contributed by atoms with Crippen LogP contribution in [-0.4, -0.2) is 43.4 Å². The lowest BCUT2D eigenvalue weighted by atomic mass is 10.1. The lowest BCUT2D eigenvalue weighted by molar-refractivity contribution is -0.131. The van der Waals surface area contributed by atoms with E-state index >= 15 is 0 Å². The molecule has 0 aliphatic heterocycles. The third-order valence-electron chi connectivity index (χ3n) is 6.27. The highest BCUT2D eigenvalue weighted by molar-refractivity contribution is 7.99. The number of furan rings is 1. The summed E-state index contributed by atoms with van der Waals surface area (Å²) in [5.41, 5.74) is 2.19. The van der Waals surface area contributed by atoms with Gasteiger partial charge in [0.15, 0.2) is 11.0 Å². The van der Waals surface area contributed by atoms with Gasteiger partial charge in [0.2, 0.25) is 5.91 Å². The summed E-state index contributed by atoms with van der Waals surface area (Å²) in [6.07, 6.45) is 8.77. The van der Waals surface area contributed by atoms with Crippen molar-refractivity contribution in [1.82, 2.24) is 19.7 Å². The average molecular weight is 437 g/mol. The zero-order chi connectivity index (χ0) is 21.2. The molecule has 6 nitrogen and oxygen atoms in total. The van der Waals surface area contributed by atoms with Crippen LogP contribution in [0.1, 0.15) is 49.8 Å². The van der Waals surface area contributed by atoms with Crippen LogP contribution in [0.15, 0.2) is 52.2 Å². The molecule has 1 aromatic carbocycles. The lowest BCUT2D eigenvalue weighted by Gasteiger charge is -2.29. The normalized spacial score (nSPS) is 16.7. The fraction of sp³-hybridized carbons (Fsp3) is 0.458. The zero-order valence-electron chi connectivity index (χ0n) is 17.9. The van der Waals surface area contributed by atoms with Gasteiger partial charge in [-0.05, 0) is 50.3 Å². The fourth-order valence-corrected chi connectivity index (χ4v) is 5.37. The molecule has 2 saturated carbocycles. The Hall–Kier alpha value is -2.54. The van der Waals surface area contributed by atoms with Crippen molar-refractivity contribution in [2.45, 2.75) is 69.2 Å². The third-order valence-corrected chi connectivity index (χ3v) is 7.22. The molecule has 0 radical (unpaired) electrons. The van der Waals surface area contributed by atoms with Crippen LogP contribution in [0.4, 0.5) is 0 Å². The van der Waals surface area contributed by atoms with E-state index in [9.17, 15) is 4.79 Å². The SMILES string of the molecule is Cc1ccccc1-c1nnc(SCC(=O)N(C2CCCC2)C2CC2)n1Cc1ccco1. The minimum atomic E-state index is 0.240. The number of thioether (sulfide) groups is 1. The van der Waals surface area contributed by atoms with E-state index in [0.29, 0.717) is 24.4 Å². The molecule has 2 aliphatic carbocycles. The zero-order valence-corrected chi connectivity index (χ0v) is 18.7. The molecule has 0 bridgehead atoms. The number of carbonyl (C=O) groups excluding carboxylic acids is 1. The largest absolute Gasteiger partial charge is 0.467 e. The van der Waals surface area contributed by atoms with E-state index in [1.54, 1.807) is 6.26 Å². The summed E-state index contributed by atoms with van der Waals surface area (Å²) < 4.78 is 7.66.